The van der Waals surface area contributed by atoms with Gasteiger partial charge in [0.1, 0.15) is 6.61 Å². The van der Waals surface area contributed by atoms with Crippen LogP contribution in [0.3, 0.4) is 0 Å². The third-order valence-corrected chi connectivity index (χ3v) is 4.25. The summed E-state index contributed by atoms with van der Waals surface area (Å²) in [7, 11) is 0. The van der Waals surface area contributed by atoms with Crippen molar-refractivity contribution in [3.8, 4) is 12.3 Å². The molecule has 6 heteroatoms. The highest BCUT2D eigenvalue weighted by Crippen LogP contribution is 2.15. The second-order valence-electron chi connectivity index (χ2n) is 5.19. The molecule has 0 aromatic heterocycles. The second kappa shape index (κ2) is 16.4. The molecule has 0 aliphatic heterocycles. The molecule has 1 atom stereocenters. The van der Waals surface area contributed by atoms with Gasteiger partial charge in [-0.25, -0.2) is 0 Å². The van der Waals surface area contributed by atoms with E-state index in [4.69, 9.17) is 31.1 Å². The zero-order chi connectivity index (χ0) is 18.0. The Balaban J connectivity index is 1.78. The molecule has 25 heavy (non-hydrogen) atoms. The first-order valence-corrected chi connectivity index (χ1v) is 9.62. The molecule has 140 valence electrons. The van der Waals surface area contributed by atoms with Crippen LogP contribution in [-0.4, -0.2) is 64.4 Å². The Kier molecular flexibility index (Phi) is 14.4. The molecule has 0 bridgehead atoms. The van der Waals surface area contributed by atoms with E-state index in [1.54, 1.807) is 11.8 Å². The number of hydrogen-bond donors (Lipinski definition) is 1. The average molecular weight is 368 g/mol. The first-order chi connectivity index (χ1) is 12.3. The summed E-state index contributed by atoms with van der Waals surface area (Å²) < 4.78 is 21.3. The Morgan fingerprint density at radius 3 is 2.04 bits per heavy atom. The van der Waals surface area contributed by atoms with Crippen molar-refractivity contribution < 1.29 is 18.9 Å². The maximum Gasteiger partial charge on any atom is 0.107 e. The van der Waals surface area contributed by atoms with Gasteiger partial charge in [-0.1, -0.05) is 36.3 Å². The summed E-state index contributed by atoms with van der Waals surface area (Å²) in [5.41, 5.74) is 7.31. The minimum atomic E-state index is 0.0755. The van der Waals surface area contributed by atoms with Gasteiger partial charge >= 0.3 is 0 Å². The van der Waals surface area contributed by atoms with Crippen LogP contribution in [0.25, 0.3) is 0 Å². The first kappa shape index (κ1) is 22.0. The highest BCUT2D eigenvalue weighted by atomic mass is 32.2. The molecular formula is C19H29NO4S. The van der Waals surface area contributed by atoms with E-state index in [2.05, 4.69) is 18.1 Å². The van der Waals surface area contributed by atoms with E-state index in [0.717, 1.165) is 11.5 Å². The van der Waals surface area contributed by atoms with Gasteiger partial charge in [-0.05, 0) is 5.56 Å². The molecule has 1 rings (SSSR count). The quantitative estimate of drug-likeness (QED) is 0.357. The fourth-order valence-electron chi connectivity index (χ4n) is 1.92. The molecule has 1 aromatic carbocycles. The lowest BCUT2D eigenvalue weighted by Crippen LogP contribution is -2.14. The van der Waals surface area contributed by atoms with E-state index in [1.165, 1.54) is 5.56 Å². The van der Waals surface area contributed by atoms with Crippen molar-refractivity contribution in [3.63, 3.8) is 0 Å². The largest absolute Gasteiger partial charge is 0.378 e. The summed E-state index contributed by atoms with van der Waals surface area (Å²) in [6.07, 6.45) is 5.06. The Bertz CT molecular complexity index is 452. The van der Waals surface area contributed by atoms with Crippen molar-refractivity contribution in [3.05, 3.63) is 35.9 Å². The smallest absolute Gasteiger partial charge is 0.107 e. The predicted molar refractivity (Wildman–Crippen MR) is 103 cm³/mol. The van der Waals surface area contributed by atoms with Crippen LogP contribution in [0.5, 0.6) is 0 Å². The molecule has 0 heterocycles. The minimum absolute atomic E-state index is 0.0755. The van der Waals surface area contributed by atoms with Crippen LogP contribution in [0.2, 0.25) is 0 Å². The van der Waals surface area contributed by atoms with E-state index < -0.39 is 0 Å². The van der Waals surface area contributed by atoms with E-state index in [0.29, 0.717) is 52.9 Å². The highest BCUT2D eigenvalue weighted by Gasteiger charge is 2.04. The molecule has 0 aliphatic rings. The summed E-state index contributed by atoms with van der Waals surface area (Å²) in [6.45, 7) is 4.35. The van der Waals surface area contributed by atoms with Crippen LogP contribution in [-0.2, 0) is 18.9 Å². The van der Waals surface area contributed by atoms with Crippen LogP contribution in [0.1, 0.15) is 11.6 Å². The lowest BCUT2D eigenvalue weighted by atomic mass is 10.1. The molecule has 1 aromatic rings. The number of nitrogens with two attached hydrogens (primary N) is 1. The van der Waals surface area contributed by atoms with E-state index in [9.17, 15) is 0 Å². The van der Waals surface area contributed by atoms with Crippen molar-refractivity contribution in [2.24, 2.45) is 5.73 Å². The van der Waals surface area contributed by atoms with Gasteiger partial charge in [-0.2, -0.15) is 11.8 Å². The highest BCUT2D eigenvalue weighted by molar-refractivity contribution is 7.99. The first-order valence-electron chi connectivity index (χ1n) is 8.47. The molecular weight excluding hydrogens is 338 g/mol. The van der Waals surface area contributed by atoms with E-state index in [1.807, 2.05) is 18.2 Å². The van der Waals surface area contributed by atoms with Gasteiger partial charge in [0.15, 0.2) is 0 Å². The fraction of sp³-hybridized carbons (Fsp3) is 0.579. The maximum absolute atomic E-state index is 6.14. The van der Waals surface area contributed by atoms with Gasteiger partial charge in [0, 0.05) is 17.5 Å². The molecule has 0 amide bonds. The van der Waals surface area contributed by atoms with Crippen molar-refractivity contribution in [1.29, 1.82) is 0 Å². The molecule has 0 unspecified atom stereocenters. The third-order valence-electron chi connectivity index (χ3n) is 3.20. The van der Waals surface area contributed by atoms with Crippen LogP contribution >= 0.6 is 11.8 Å². The van der Waals surface area contributed by atoms with Crippen molar-refractivity contribution >= 4 is 11.8 Å². The van der Waals surface area contributed by atoms with Crippen molar-refractivity contribution in [2.45, 2.75) is 6.04 Å². The number of ether oxygens (including phenoxy) is 4. The summed E-state index contributed by atoms with van der Waals surface area (Å²) in [5, 5.41) is 0. The standard InChI is InChI=1S/C19H29NO4S/c1-2-8-21-9-10-22-11-12-23-13-14-24-15-16-25-17-19(20)18-6-4-3-5-7-18/h1,3-7,19H,8-17,20H2/t19-/m0/s1. The minimum Gasteiger partial charge on any atom is -0.378 e. The Morgan fingerprint density at radius 2 is 1.44 bits per heavy atom. The van der Waals surface area contributed by atoms with Gasteiger partial charge in [0.05, 0.1) is 46.2 Å². The summed E-state index contributed by atoms with van der Waals surface area (Å²) in [6, 6.07) is 10.2. The van der Waals surface area contributed by atoms with E-state index in [-0.39, 0.29) is 6.04 Å². The Labute approximate surface area is 155 Å². The number of benzene rings is 1. The normalized spacial score (nSPS) is 12.0. The average Bonchev–Trinajstić information content (AvgIpc) is 2.65. The Hall–Kier alpha value is -1.07. The zero-order valence-corrected chi connectivity index (χ0v) is 15.5. The van der Waals surface area contributed by atoms with Crippen LogP contribution in [0.15, 0.2) is 30.3 Å². The molecule has 0 saturated heterocycles. The number of rotatable bonds is 16. The lowest BCUT2D eigenvalue weighted by Gasteiger charge is -2.11. The molecule has 0 fully saturated rings. The van der Waals surface area contributed by atoms with Crippen LogP contribution in [0.4, 0.5) is 0 Å². The SMILES string of the molecule is C#CCOCCOCCOCCOCCSC[C@H](N)c1ccccc1. The molecule has 2 N–H and O–H groups in total. The molecule has 0 spiro atoms. The van der Waals surface area contributed by atoms with Gasteiger partial charge in [0.25, 0.3) is 0 Å². The van der Waals surface area contributed by atoms with Crippen molar-refractivity contribution in [1.82, 2.24) is 0 Å². The lowest BCUT2D eigenvalue weighted by molar-refractivity contribution is 0.00311. The van der Waals surface area contributed by atoms with Gasteiger partial charge in [-0.15, -0.1) is 6.42 Å². The summed E-state index contributed by atoms with van der Waals surface area (Å²) in [5.74, 6) is 4.23. The summed E-state index contributed by atoms with van der Waals surface area (Å²) >= 11 is 1.80. The maximum atomic E-state index is 6.14. The topological polar surface area (TPSA) is 62.9 Å². The number of hydrogen-bond acceptors (Lipinski definition) is 6. The molecule has 5 nitrogen and oxygen atoms in total. The molecule has 0 saturated carbocycles. The summed E-state index contributed by atoms with van der Waals surface area (Å²) in [4.78, 5) is 0. The molecule has 0 radical (unpaired) electrons. The van der Waals surface area contributed by atoms with Gasteiger partial charge < -0.3 is 24.7 Å². The molecule has 0 aliphatic carbocycles. The predicted octanol–water partition coefficient (Wildman–Crippen LogP) is 2.12. The second-order valence-corrected chi connectivity index (χ2v) is 6.34. The monoisotopic (exact) mass is 367 g/mol. The number of terminal acetylenes is 1. The van der Waals surface area contributed by atoms with Gasteiger partial charge in [0.2, 0.25) is 0 Å². The third kappa shape index (κ3) is 12.9. The van der Waals surface area contributed by atoms with Crippen LogP contribution in [0, 0.1) is 12.3 Å². The zero-order valence-electron chi connectivity index (χ0n) is 14.7. The van der Waals surface area contributed by atoms with Crippen molar-refractivity contribution in [2.75, 3.05) is 64.4 Å². The number of thioether (sulfide) groups is 1. The van der Waals surface area contributed by atoms with Crippen LogP contribution < -0.4 is 5.73 Å². The van der Waals surface area contributed by atoms with Gasteiger partial charge in [-0.3, -0.25) is 0 Å². The fourth-order valence-corrected chi connectivity index (χ4v) is 2.76. The van der Waals surface area contributed by atoms with E-state index >= 15 is 0 Å². The Morgan fingerprint density at radius 1 is 0.880 bits per heavy atom.